The fourth-order valence-corrected chi connectivity index (χ4v) is 4.75. The number of guanidine groups is 1. The van der Waals surface area contributed by atoms with Gasteiger partial charge in [-0.3, -0.25) is 9.89 Å². The number of piperidine rings is 2. The molecule has 0 amide bonds. The van der Waals surface area contributed by atoms with E-state index in [1.54, 1.807) is 0 Å². The van der Waals surface area contributed by atoms with E-state index in [1.165, 1.54) is 57.3 Å². The third-order valence-corrected chi connectivity index (χ3v) is 6.92. The van der Waals surface area contributed by atoms with Crippen molar-refractivity contribution in [3.8, 4) is 0 Å². The van der Waals surface area contributed by atoms with Crippen LogP contribution >= 0.6 is 24.0 Å². The summed E-state index contributed by atoms with van der Waals surface area (Å²) in [6.45, 7) is 11.6. The summed E-state index contributed by atoms with van der Waals surface area (Å²) in [5.41, 5.74) is 1.42. The number of likely N-dealkylation sites (tertiary alicyclic amines) is 2. The SMILES string of the molecule is CCN1CCC(CCNC(=NC)NC2CCN(C(C)c3ccccc3)CC2)CC1.I. The molecule has 2 heterocycles. The molecule has 0 bridgehead atoms. The van der Waals surface area contributed by atoms with E-state index >= 15 is 0 Å². The van der Waals surface area contributed by atoms with Crippen molar-refractivity contribution in [2.24, 2.45) is 10.9 Å². The molecule has 170 valence electrons. The number of nitrogens with zero attached hydrogens (tertiary/aromatic N) is 3. The van der Waals surface area contributed by atoms with Crippen LogP contribution in [0.4, 0.5) is 0 Å². The highest BCUT2D eigenvalue weighted by Crippen LogP contribution is 2.24. The number of hydrogen-bond acceptors (Lipinski definition) is 3. The highest BCUT2D eigenvalue weighted by molar-refractivity contribution is 14.0. The number of aliphatic imine (C=N–C) groups is 1. The maximum absolute atomic E-state index is 4.46. The molecule has 30 heavy (non-hydrogen) atoms. The Bertz CT molecular complexity index is 607. The Morgan fingerprint density at radius 1 is 1.07 bits per heavy atom. The van der Waals surface area contributed by atoms with Crippen LogP contribution in [0.25, 0.3) is 0 Å². The molecule has 2 aliphatic heterocycles. The van der Waals surface area contributed by atoms with Gasteiger partial charge in [0.15, 0.2) is 5.96 Å². The molecule has 0 radical (unpaired) electrons. The maximum Gasteiger partial charge on any atom is 0.191 e. The van der Waals surface area contributed by atoms with Crippen LogP contribution in [-0.4, -0.2) is 68.1 Å². The van der Waals surface area contributed by atoms with Gasteiger partial charge in [0.05, 0.1) is 0 Å². The quantitative estimate of drug-likeness (QED) is 0.318. The molecule has 5 nitrogen and oxygen atoms in total. The first-order chi connectivity index (χ1) is 14.2. The van der Waals surface area contributed by atoms with E-state index < -0.39 is 0 Å². The van der Waals surface area contributed by atoms with Crippen molar-refractivity contribution in [1.82, 2.24) is 20.4 Å². The zero-order chi connectivity index (χ0) is 20.5. The topological polar surface area (TPSA) is 42.9 Å². The number of nitrogens with one attached hydrogen (secondary N) is 2. The Morgan fingerprint density at radius 2 is 1.73 bits per heavy atom. The third kappa shape index (κ3) is 7.68. The van der Waals surface area contributed by atoms with E-state index in [4.69, 9.17) is 0 Å². The van der Waals surface area contributed by atoms with Crippen molar-refractivity contribution in [1.29, 1.82) is 0 Å². The number of benzene rings is 1. The Morgan fingerprint density at radius 3 is 2.33 bits per heavy atom. The second kappa shape index (κ2) is 13.5. The normalized spacial score (nSPS) is 21.1. The molecule has 2 fully saturated rings. The minimum Gasteiger partial charge on any atom is -0.356 e. The van der Waals surface area contributed by atoms with E-state index in [9.17, 15) is 0 Å². The molecule has 1 aromatic carbocycles. The maximum atomic E-state index is 4.46. The van der Waals surface area contributed by atoms with Crippen LogP contribution in [0, 0.1) is 5.92 Å². The van der Waals surface area contributed by atoms with Gasteiger partial charge in [-0.25, -0.2) is 0 Å². The largest absolute Gasteiger partial charge is 0.356 e. The van der Waals surface area contributed by atoms with Gasteiger partial charge in [0, 0.05) is 38.8 Å². The summed E-state index contributed by atoms with van der Waals surface area (Å²) in [6, 6.07) is 11.9. The predicted octanol–water partition coefficient (Wildman–Crippen LogP) is 4.12. The zero-order valence-electron chi connectivity index (χ0n) is 19.1. The molecule has 1 aromatic rings. The van der Waals surface area contributed by atoms with Gasteiger partial charge in [-0.15, -0.1) is 24.0 Å². The fraction of sp³-hybridized carbons (Fsp3) is 0.708. The van der Waals surface area contributed by atoms with Crippen LogP contribution in [0.15, 0.2) is 35.3 Å². The van der Waals surface area contributed by atoms with Crippen molar-refractivity contribution in [2.75, 3.05) is 46.3 Å². The van der Waals surface area contributed by atoms with Gasteiger partial charge in [-0.1, -0.05) is 37.3 Å². The van der Waals surface area contributed by atoms with Gasteiger partial charge < -0.3 is 15.5 Å². The average molecular weight is 528 g/mol. The molecular formula is C24H42IN5. The first-order valence-corrected chi connectivity index (χ1v) is 11.7. The molecule has 2 aliphatic rings. The van der Waals surface area contributed by atoms with Crippen molar-refractivity contribution in [2.45, 2.75) is 58.0 Å². The van der Waals surface area contributed by atoms with E-state index in [1.807, 2.05) is 7.05 Å². The number of rotatable bonds is 7. The molecule has 3 rings (SSSR count). The smallest absolute Gasteiger partial charge is 0.191 e. The van der Waals surface area contributed by atoms with Crippen molar-refractivity contribution in [3.63, 3.8) is 0 Å². The predicted molar refractivity (Wildman–Crippen MR) is 139 cm³/mol. The fourth-order valence-electron chi connectivity index (χ4n) is 4.75. The first-order valence-electron chi connectivity index (χ1n) is 11.7. The van der Waals surface area contributed by atoms with Crippen LogP contribution in [0.5, 0.6) is 0 Å². The summed E-state index contributed by atoms with van der Waals surface area (Å²) in [5.74, 6) is 1.84. The lowest BCUT2D eigenvalue weighted by atomic mass is 9.93. The lowest BCUT2D eigenvalue weighted by Crippen LogP contribution is -2.49. The molecule has 2 N–H and O–H groups in total. The van der Waals surface area contributed by atoms with Crippen molar-refractivity contribution in [3.05, 3.63) is 35.9 Å². The Labute approximate surface area is 201 Å². The Kier molecular flexibility index (Phi) is 11.5. The lowest BCUT2D eigenvalue weighted by molar-refractivity contribution is 0.158. The monoisotopic (exact) mass is 527 g/mol. The van der Waals surface area contributed by atoms with Gasteiger partial charge >= 0.3 is 0 Å². The highest BCUT2D eigenvalue weighted by atomic mass is 127. The number of hydrogen-bond donors (Lipinski definition) is 2. The summed E-state index contributed by atoms with van der Waals surface area (Å²) < 4.78 is 0. The third-order valence-electron chi connectivity index (χ3n) is 6.92. The molecular weight excluding hydrogens is 485 g/mol. The van der Waals surface area contributed by atoms with Crippen LogP contribution in [0.3, 0.4) is 0 Å². The molecule has 0 spiro atoms. The first kappa shape index (κ1) is 25.4. The van der Waals surface area contributed by atoms with Crippen molar-refractivity contribution >= 4 is 29.9 Å². The van der Waals surface area contributed by atoms with E-state index in [0.717, 1.165) is 31.5 Å². The Hall–Kier alpha value is -0.860. The van der Waals surface area contributed by atoms with Gasteiger partial charge in [-0.2, -0.15) is 0 Å². The van der Waals surface area contributed by atoms with Crippen molar-refractivity contribution < 1.29 is 0 Å². The van der Waals surface area contributed by atoms with Crippen LogP contribution < -0.4 is 10.6 Å². The molecule has 1 atom stereocenters. The van der Waals surface area contributed by atoms with Crippen LogP contribution in [-0.2, 0) is 0 Å². The van der Waals surface area contributed by atoms with Crippen LogP contribution in [0.1, 0.15) is 57.6 Å². The summed E-state index contributed by atoms with van der Waals surface area (Å²) in [5, 5.41) is 7.22. The van der Waals surface area contributed by atoms with Gasteiger partial charge in [0.1, 0.15) is 0 Å². The minimum atomic E-state index is 0. The summed E-state index contributed by atoms with van der Waals surface area (Å²) in [4.78, 5) is 9.63. The minimum absolute atomic E-state index is 0. The van der Waals surface area contributed by atoms with E-state index in [0.29, 0.717) is 12.1 Å². The van der Waals surface area contributed by atoms with Gasteiger partial charge in [0.2, 0.25) is 0 Å². The lowest BCUT2D eigenvalue weighted by Gasteiger charge is -2.37. The summed E-state index contributed by atoms with van der Waals surface area (Å²) in [7, 11) is 1.89. The van der Waals surface area contributed by atoms with Gasteiger partial charge in [0.25, 0.3) is 0 Å². The second-order valence-corrected chi connectivity index (χ2v) is 8.71. The molecule has 2 saturated heterocycles. The summed E-state index contributed by atoms with van der Waals surface area (Å²) >= 11 is 0. The Balaban J connectivity index is 0.00000320. The molecule has 6 heteroatoms. The van der Waals surface area contributed by atoms with E-state index in [-0.39, 0.29) is 24.0 Å². The molecule has 0 saturated carbocycles. The molecule has 1 unspecified atom stereocenters. The second-order valence-electron chi connectivity index (χ2n) is 8.71. The number of halogens is 1. The molecule has 0 aromatic heterocycles. The molecule has 0 aliphatic carbocycles. The zero-order valence-corrected chi connectivity index (χ0v) is 21.5. The summed E-state index contributed by atoms with van der Waals surface area (Å²) in [6.07, 6.45) is 6.30. The average Bonchev–Trinajstić information content (AvgIpc) is 2.79. The highest BCUT2D eigenvalue weighted by Gasteiger charge is 2.24. The van der Waals surface area contributed by atoms with E-state index in [2.05, 4.69) is 69.6 Å². The standard InChI is InChI=1S/C24H41N5.HI/c1-4-28-16-11-21(12-17-28)10-15-26-24(25-3)27-23-13-18-29(19-14-23)20(2)22-8-6-5-7-9-22;/h5-9,20-21,23H,4,10-19H2,1-3H3,(H2,25,26,27);1H. The van der Waals surface area contributed by atoms with Gasteiger partial charge in [-0.05, 0) is 70.1 Å². The van der Waals surface area contributed by atoms with Crippen LogP contribution in [0.2, 0.25) is 0 Å².